The van der Waals surface area contributed by atoms with Crippen molar-refractivity contribution in [1.82, 2.24) is 15.1 Å². The second kappa shape index (κ2) is 9.49. The van der Waals surface area contributed by atoms with Crippen LogP contribution in [0.1, 0.15) is 17.0 Å². The van der Waals surface area contributed by atoms with Crippen LogP contribution >= 0.6 is 0 Å². The third-order valence-corrected chi connectivity index (χ3v) is 3.82. The summed E-state index contributed by atoms with van der Waals surface area (Å²) in [6.07, 6.45) is 3.71. The first-order valence-electron chi connectivity index (χ1n) is 8.11. The van der Waals surface area contributed by atoms with Crippen molar-refractivity contribution in [3.8, 4) is 6.07 Å². The molecule has 2 rings (SSSR count). The maximum absolute atomic E-state index is 12.2. The van der Waals surface area contributed by atoms with E-state index in [1.165, 1.54) is 6.26 Å². The Morgan fingerprint density at radius 2 is 2.16 bits per heavy atom. The first kappa shape index (κ1) is 18.5. The topological polar surface area (TPSA) is 98.8 Å². The van der Waals surface area contributed by atoms with Gasteiger partial charge in [0.2, 0.25) is 0 Å². The largest absolute Gasteiger partial charge is 0.459 e. The van der Waals surface area contributed by atoms with E-state index in [4.69, 9.17) is 9.15 Å². The van der Waals surface area contributed by atoms with E-state index in [1.807, 2.05) is 11.0 Å². The number of carbonyl (C=O) groups excluding carboxylic acids is 2. The Morgan fingerprint density at radius 1 is 1.40 bits per heavy atom. The SMILES string of the molecule is COCCCNC(=O)/C(C#N)=C\N1CCN(C(=O)c2ccco2)CC1. The number of amides is 2. The fourth-order valence-corrected chi connectivity index (χ4v) is 2.44. The summed E-state index contributed by atoms with van der Waals surface area (Å²) in [6, 6.07) is 5.24. The van der Waals surface area contributed by atoms with E-state index in [-0.39, 0.29) is 11.5 Å². The summed E-state index contributed by atoms with van der Waals surface area (Å²) in [5, 5.41) is 11.9. The highest BCUT2D eigenvalue weighted by molar-refractivity contribution is 5.97. The van der Waals surface area contributed by atoms with Gasteiger partial charge in [-0.15, -0.1) is 0 Å². The molecule has 25 heavy (non-hydrogen) atoms. The summed E-state index contributed by atoms with van der Waals surface area (Å²) >= 11 is 0. The molecule has 0 aromatic carbocycles. The minimum atomic E-state index is -0.396. The highest BCUT2D eigenvalue weighted by Crippen LogP contribution is 2.10. The molecule has 1 N–H and O–H groups in total. The molecule has 1 saturated heterocycles. The zero-order valence-electron chi connectivity index (χ0n) is 14.2. The number of nitrogens with zero attached hydrogens (tertiary/aromatic N) is 3. The molecule has 1 aromatic heterocycles. The zero-order valence-corrected chi connectivity index (χ0v) is 14.2. The van der Waals surface area contributed by atoms with Gasteiger partial charge in [-0.05, 0) is 18.6 Å². The van der Waals surface area contributed by atoms with E-state index in [9.17, 15) is 14.9 Å². The highest BCUT2D eigenvalue weighted by Gasteiger charge is 2.23. The van der Waals surface area contributed by atoms with Crippen LogP contribution < -0.4 is 5.32 Å². The molecule has 2 heterocycles. The van der Waals surface area contributed by atoms with Crippen LogP contribution in [0.2, 0.25) is 0 Å². The Labute approximate surface area is 146 Å². The van der Waals surface area contributed by atoms with Crippen molar-refractivity contribution in [3.05, 3.63) is 35.9 Å². The fraction of sp³-hybridized carbons (Fsp3) is 0.471. The summed E-state index contributed by atoms with van der Waals surface area (Å²) in [6.45, 7) is 3.12. The molecule has 8 heteroatoms. The third-order valence-electron chi connectivity index (χ3n) is 3.82. The molecule has 1 aliphatic heterocycles. The molecule has 1 aliphatic rings. The Kier molecular flexibility index (Phi) is 7.04. The lowest BCUT2D eigenvalue weighted by atomic mass is 10.2. The van der Waals surface area contributed by atoms with E-state index < -0.39 is 5.91 Å². The molecule has 8 nitrogen and oxygen atoms in total. The smallest absolute Gasteiger partial charge is 0.289 e. The van der Waals surface area contributed by atoms with Crippen LogP contribution in [-0.4, -0.2) is 68.1 Å². The van der Waals surface area contributed by atoms with Gasteiger partial charge in [-0.2, -0.15) is 5.26 Å². The molecule has 1 fully saturated rings. The number of nitriles is 1. The summed E-state index contributed by atoms with van der Waals surface area (Å²) in [5.74, 6) is -0.227. The number of rotatable bonds is 7. The zero-order chi connectivity index (χ0) is 18.1. The van der Waals surface area contributed by atoms with Crippen LogP contribution in [0.15, 0.2) is 34.6 Å². The number of furan rings is 1. The summed E-state index contributed by atoms with van der Waals surface area (Å²) in [4.78, 5) is 27.8. The minimum absolute atomic E-state index is 0.0585. The Hall–Kier alpha value is -2.79. The Bertz CT molecular complexity index is 640. The van der Waals surface area contributed by atoms with Gasteiger partial charge >= 0.3 is 0 Å². The molecular formula is C17H22N4O4. The van der Waals surface area contributed by atoms with E-state index in [0.717, 1.165) is 0 Å². The van der Waals surface area contributed by atoms with Gasteiger partial charge in [0.05, 0.1) is 6.26 Å². The van der Waals surface area contributed by atoms with Crippen molar-refractivity contribution in [1.29, 1.82) is 5.26 Å². The van der Waals surface area contributed by atoms with Gasteiger partial charge in [0.25, 0.3) is 11.8 Å². The molecule has 2 amide bonds. The number of piperazine rings is 1. The van der Waals surface area contributed by atoms with Crippen LogP contribution in [0, 0.1) is 11.3 Å². The first-order chi connectivity index (χ1) is 12.2. The van der Waals surface area contributed by atoms with E-state index in [2.05, 4.69) is 5.32 Å². The number of carbonyl (C=O) groups is 2. The summed E-state index contributed by atoms with van der Waals surface area (Å²) in [5.41, 5.74) is 0.0585. The lowest BCUT2D eigenvalue weighted by molar-refractivity contribution is -0.117. The predicted octanol–water partition coefficient (Wildman–Crippen LogP) is 0.598. The minimum Gasteiger partial charge on any atom is -0.459 e. The Morgan fingerprint density at radius 3 is 2.76 bits per heavy atom. The van der Waals surface area contributed by atoms with Gasteiger partial charge in [0, 0.05) is 52.6 Å². The van der Waals surface area contributed by atoms with E-state index in [1.54, 1.807) is 30.3 Å². The maximum atomic E-state index is 12.2. The van der Waals surface area contributed by atoms with Gasteiger partial charge in [0.1, 0.15) is 11.6 Å². The standard InChI is InChI=1S/C17H22N4O4/c1-24-10-3-5-19-16(22)14(12-18)13-20-6-8-21(9-7-20)17(23)15-4-2-11-25-15/h2,4,11,13H,3,5-10H2,1H3,(H,19,22)/b14-13-. The molecule has 0 atom stereocenters. The van der Waals surface area contributed by atoms with E-state index >= 15 is 0 Å². The molecule has 134 valence electrons. The number of nitrogens with one attached hydrogen (secondary N) is 1. The molecule has 0 spiro atoms. The molecule has 1 aromatic rings. The number of methoxy groups -OCH3 is 1. The van der Waals surface area contributed by atoms with Crippen LogP contribution in [0.4, 0.5) is 0 Å². The van der Waals surface area contributed by atoms with Gasteiger partial charge in [-0.25, -0.2) is 0 Å². The van der Waals surface area contributed by atoms with Gasteiger partial charge < -0.3 is 24.3 Å². The average molecular weight is 346 g/mol. The van der Waals surface area contributed by atoms with Crippen molar-refractivity contribution in [2.75, 3.05) is 46.4 Å². The quantitative estimate of drug-likeness (QED) is 0.441. The number of hydrogen-bond donors (Lipinski definition) is 1. The second-order valence-electron chi connectivity index (χ2n) is 5.56. The number of hydrogen-bond acceptors (Lipinski definition) is 6. The molecule has 0 radical (unpaired) electrons. The van der Waals surface area contributed by atoms with E-state index in [0.29, 0.717) is 51.5 Å². The van der Waals surface area contributed by atoms with Gasteiger partial charge in [-0.1, -0.05) is 0 Å². The monoisotopic (exact) mass is 346 g/mol. The fourth-order valence-electron chi connectivity index (χ4n) is 2.44. The van der Waals surface area contributed by atoms with Crippen LogP contribution in [0.5, 0.6) is 0 Å². The predicted molar refractivity (Wildman–Crippen MR) is 89.4 cm³/mol. The molecular weight excluding hydrogens is 324 g/mol. The van der Waals surface area contributed by atoms with Crippen molar-refractivity contribution >= 4 is 11.8 Å². The number of ether oxygens (including phenoxy) is 1. The molecule has 0 aliphatic carbocycles. The third kappa shape index (κ3) is 5.36. The lowest BCUT2D eigenvalue weighted by Gasteiger charge is -2.33. The molecule has 0 bridgehead atoms. The summed E-state index contributed by atoms with van der Waals surface area (Å²) < 4.78 is 10.0. The average Bonchev–Trinajstić information content (AvgIpc) is 3.17. The normalized spacial score (nSPS) is 15.0. The van der Waals surface area contributed by atoms with Crippen molar-refractivity contribution < 1.29 is 18.7 Å². The van der Waals surface area contributed by atoms with Gasteiger partial charge in [0.15, 0.2) is 5.76 Å². The maximum Gasteiger partial charge on any atom is 0.289 e. The first-order valence-corrected chi connectivity index (χ1v) is 8.11. The molecule has 0 saturated carbocycles. The van der Waals surface area contributed by atoms with Crippen molar-refractivity contribution in [2.45, 2.75) is 6.42 Å². The second-order valence-corrected chi connectivity index (χ2v) is 5.56. The van der Waals surface area contributed by atoms with Crippen molar-refractivity contribution in [2.24, 2.45) is 0 Å². The summed E-state index contributed by atoms with van der Waals surface area (Å²) in [7, 11) is 1.60. The van der Waals surface area contributed by atoms with Crippen LogP contribution in [0.3, 0.4) is 0 Å². The van der Waals surface area contributed by atoms with Crippen LogP contribution in [-0.2, 0) is 9.53 Å². The highest BCUT2D eigenvalue weighted by atomic mass is 16.5. The van der Waals surface area contributed by atoms with Gasteiger partial charge in [-0.3, -0.25) is 9.59 Å². The lowest BCUT2D eigenvalue weighted by Crippen LogP contribution is -2.47. The van der Waals surface area contributed by atoms with Crippen LogP contribution in [0.25, 0.3) is 0 Å². The van der Waals surface area contributed by atoms with Crippen molar-refractivity contribution in [3.63, 3.8) is 0 Å². The Balaban J connectivity index is 1.84. The molecule has 0 unspecified atom stereocenters.